The monoisotopic (exact) mass is 511 g/mol. The van der Waals surface area contributed by atoms with Gasteiger partial charge in [0.25, 0.3) is 0 Å². The summed E-state index contributed by atoms with van der Waals surface area (Å²) in [6.45, 7) is 4.04. The highest BCUT2D eigenvalue weighted by atomic mass is 79.9. The fraction of sp³-hybridized carbons (Fsp3) is 0.412. The molecule has 0 saturated carbocycles. The van der Waals surface area contributed by atoms with Gasteiger partial charge in [0, 0.05) is 0 Å². The lowest BCUT2D eigenvalue weighted by Gasteiger charge is -2.07. The predicted molar refractivity (Wildman–Crippen MR) is 105 cm³/mol. The number of rotatable bonds is 6. The molecule has 0 aliphatic heterocycles. The number of carbonyl (C=O) groups is 3. The van der Waals surface area contributed by atoms with Crippen LogP contribution < -0.4 is 5.32 Å². The summed E-state index contributed by atoms with van der Waals surface area (Å²) in [4.78, 5) is 36.8. The lowest BCUT2D eigenvalue weighted by molar-refractivity contribution is -0.142. The van der Waals surface area contributed by atoms with Crippen molar-refractivity contribution in [1.29, 1.82) is 0 Å². The molecule has 1 N–H and O–H groups in total. The summed E-state index contributed by atoms with van der Waals surface area (Å²) >= 11 is 3.64. The maximum Gasteiger partial charge on any atom is 0.436 e. The Bertz CT molecular complexity index is 1000. The molecule has 164 valence electrons. The first kappa shape index (κ1) is 23.9. The van der Waals surface area contributed by atoms with Gasteiger partial charge in [-0.15, -0.1) is 11.3 Å². The minimum absolute atomic E-state index is 0.0207. The molecule has 0 radical (unpaired) electrons. The van der Waals surface area contributed by atoms with Crippen LogP contribution in [0.15, 0.2) is 4.47 Å². The molecule has 0 unspecified atom stereocenters. The Morgan fingerprint density at radius 3 is 2.37 bits per heavy atom. The molecule has 8 nitrogen and oxygen atoms in total. The van der Waals surface area contributed by atoms with Crippen LogP contribution >= 0.6 is 27.3 Å². The quantitative estimate of drug-likeness (QED) is 0.589. The van der Waals surface area contributed by atoms with Gasteiger partial charge in [-0.2, -0.15) is 18.3 Å². The Balaban J connectivity index is 2.34. The minimum Gasteiger partial charge on any atom is -0.465 e. The molecule has 0 saturated heterocycles. The van der Waals surface area contributed by atoms with Crippen molar-refractivity contribution in [1.82, 2.24) is 9.78 Å². The Kier molecular flexibility index (Phi) is 7.29. The molecule has 0 fully saturated rings. The first-order chi connectivity index (χ1) is 13.9. The van der Waals surface area contributed by atoms with Crippen molar-refractivity contribution in [3.63, 3.8) is 0 Å². The third-order valence-electron chi connectivity index (χ3n) is 3.95. The average Bonchev–Trinajstić information content (AvgIpc) is 3.12. The van der Waals surface area contributed by atoms with Gasteiger partial charge >= 0.3 is 18.1 Å². The zero-order chi connectivity index (χ0) is 22.8. The normalized spacial score (nSPS) is 11.3. The van der Waals surface area contributed by atoms with Crippen molar-refractivity contribution in [2.24, 2.45) is 0 Å². The molecule has 0 spiro atoms. The first-order valence-electron chi connectivity index (χ1n) is 8.41. The topological polar surface area (TPSA) is 99.5 Å². The highest BCUT2D eigenvalue weighted by Crippen LogP contribution is 2.36. The van der Waals surface area contributed by atoms with Gasteiger partial charge in [-0.05, 0) is 42.3 Å². The second-order valence-electron chi connectivity index (χ2n) is 5.92. The molecule has 30 heavy (non-hydrogen) atoms. The number of hydrogen-bond acceptors (Lipinski definition) is 7. The van der Waals surface area contributed by atoms with Gasteiger partial charge in [-0.1, -0.05) is 0 Å². The highest BCUT2D eigenvalue weighted by molar-refractivity contribution is 9.10. The van der Waals surface area contributed by atoms with Crippen LogP contribution in [0.1, 0.15) is 43.9 Å². The number of methoxy groups -OCH3 is 1. The van der Waals surface area contributed by atoms with Crippen LogP contribution in [0.5, 0.6) is 0 Å². The molecular weight excluding hydrogens is 495 g/mol. The standard InChI is InChI=1S/C17H17BrF3N3O5S/c1-5-29-16(27)12-7(2)10(15(26)28-4)14(30-12)22-9(25)6-24-8(3)11(18)13(23-24)17(19,20)21/h5-6H2,1-4H3,(H,22,25). The molecule has 2 aromatic rings. The van der Waals surface area contributed by atoms with E-state index in [-0.39, 0.29) is 37.8 Å². The predicted octanol–water partition coefficient (Wildman–Crippen LogP) is 3.94. The lowest BCUT2D eigenvalue weighted by atomic mass is 10.1. The number of carbonyl (C=O) groups excluding carboxylic acids is 3. The van der Waals surface area contributed by atoms with Crippen molar-refractivity contribution in [3.8, 4) is 0 Å². The summed E-state index contributed by atoms with van der Waals surface area (Å²) in [5.41, 5.74) is -0.828. The van der Waals surface area contributed by atoms with E-state index in [1.807, 2.05) is 0 Å². The summed E-state index contributed by atoms with van der Waals surface area (Å²) in [6, 6.07) is 0. The number of ether oxygens (including phenoxy) is 2. The van der Waals surface area contributed by atoms with E-state index in [4.69, 9.17) is 9.47 Å². The van der Waals surface area contributed by atoms with Crippen molar-refractivity contribution in [3.05, 3.63) is 31.9 Å². The van der Waals surface area contributed by atoms with E-state index in [9.17, 15) is 27.6 Å². The third-order valence-corrected chi connectivity index (χ3v) is 6.08. The fourth-order valence-corrected chi connectivity index (χ4v) is 4.12. The van der Waals surface area contributed by atoms with Crippen LogP contribution in [0, 0.1) is 13.8 Å². The van der Waals surface area contributed by atoms with Gasteiger partial charge in [0.05, 0.1) is 29.4 Å². The minimum atomic E-state index is -4.69. The number of esters is 2. The van der Waals surface area contributed by atoms with E-state index in [2.05, 4.69) is 26.3 Å². The Morgan fingerprint density at radius 1 is 1.23 bits per heavy atom. The number of nitrogens with one attached hydrogen (secondary N) is 1. The number of halogens is 4. The molecule has 2 aromatic heterocycles. The van der Waals surface area contributed by atoms with E-state index in [1.165, 1.54) is 13.8 Å². The van der Waals surface area contributed by atoms with Gasteiger partial charge < -0.3 is 14.8 Å². The number of aromatic nitrogens is 2. The van der Waals surface area contributed by atoms with Gasteiger partial charge in [0.15, 0.2) is 5.69 Å². The number of thiophene rings is 1. The second kappa shape index (κ2) is 9.16. The summed E-state index contributed by atoms with van der Waals surface area (Å²) in [7, 11) is 1.14. The molecule has 0 atom stereocenters. The number of alkyl halides is 3. The molecule has 0 aliphatic rings. The number of amides is 1. The number of hydrogen-bond donors (Lipinski definition) is 1. The van der Waals surface area contributed by atoms with Crippen LogP contribution in [-0.2, 0) is 27.0 Å². The molecular formula is C17H17BrF3N3O5S. The molecule has 2 rings (SSSR count). The highest BCUT2D eigenvalue weighted by Gasteiger charge is 2.38. The zero-order valence-electron chi connectivity index (χ0n) is 16.3. The lowest BCUT2D eigenvalue weighted by Crippen LogP contribution is -2.21. The van der Waals surface area contributed by atoms with E-state index in [1.54, 1.807) is 6.92 Å². The number of anilines is 1. The smallest absolute Gasteiger partial charge is 0.436 e. The Hall–Kier alpha value is -2.41. The third kappa shape index (κ3) is 4.83. The molecule has 0 bridgehead atoms. The maximum absolute atomic E-state index is 13.0. The Morgan fingerprint density at radius 2 is 1.87 bits per heavy atom. The molecule has 1 amide bonds. The summed E-state index contributed by atoms with van der Waals surface area (Å²) in [5, 5.41) is 5.89. The Labute approximate surface area is 181 Å². The first-order valence-corrected chi connectivity index (χ1v) is 10.0. The van der Waals surface area contributed by atoms with Crippen LogP contribution in [0.2, 0.25) is 0 Å². The molecule has 0 aromatic carbocycles. The van der Waals surface area contributed by atoms with Crippen molar-refractivity contribution in [2.75, 3.05) is 19.0 Å². The zero-order valence-corrected chi connectivity index (χ0v) is 18.7. The van der Waals surface area contributed by atoms with Crippen LogP contribution in [0.4, 0.5) is 18.2 Å². The maximum atomic E-state index is 13.0. The second-order valence-corrected chi connectivity index (χ2v) is 7.74. The van der Waals surface area contributed by atoms with Crippen molar-refractivity contribution < 1.29 is 37.0 Å². The average molecular weight is 512 g/mol. The van der Waals surface area contributed by atoms with E-state index >= 15 is 0 Å². The van der Waals surface area contributed by atoms with E-state index in [0.717, 1.165) is 23.1 Å². The summed E-state index contributed by atoms with van der Waals surface area (Å²) in [6.07, 6.45) is -4.69. The molecule has 2 heterocycles. The van der Waals surface area contributed by atoms with Crippen LogP contribution in [0.3, 0.4) is 0 Å². The summed E-state index contributed by atoms with van der Waals surface area (Å²) < 4.78 is 49.2. The van der Waals surface area contributed by atoms with Crippen LogP contribution in [-0.4, -0.2) is 41.3 Å². The van der Waals surface area contributed by atoms with Gasteiger partial charge in [-0.3, -0.25) is 9.48 Å². The van der Waals surface area contributed by atoms with E-state index < -0.39 is 36.3 Å². The van der Waals surface area contributed by atoms with Crippen molar-refractivity contribution in [2.45, 2.75) is 33.5 Å². The number of nitrogens with zero attached hydrogens (tertiary/aromatic N) is 2. The van der Waals surface area contributed by atoms with Crippen molar-refractivity contribution >= 4 is 50.1 Å². The van der Waals surface area contributed by atoms with Gasteiger partial charge in [0.1, 0.15) is 16.4 Å². The summed E-state index contributed by atoms with van der Waals surface area (Å²) in [5.74, 6) is -2.21. The van der Waals surface area contributed by atoms with Gasteiger partial charge in [-0.25, -0.2) is 9.59 Å². The largest absolute Gasteiger partial charge is 0.465 e. The van der Waals surface area contributed by atoms with Crippen LogP contribution in [0.25, 0.3) is 0 Å². The SMILES string of the molecule is CCOC(=O)c1sc(NC(=O)Cn2nc(C(F)(F)F)c(Br)c2C)c(C(=O)OC)c1C. The fourth-order valence-electron chi connectivity index (χ4n) is 2.50. The molecule has 13 heteroatoms. The van der Waals surface area contributed by atoms with Gasteiger partial charge in [0.2, 0.25) is 5.91 Å². The molecule has 0 aliphatic carbocycles. The van der Waals surface area contributed by atoms with E-state index in [0.29, 0.717) is 0 Å².